The highest BCUT2D eigenvalue weighted by Gasteiger charge is 2.25. The third-order valence-corrected chi connectivity index (χ3v) is 3.76. The van der Waals surface area contributed by atoms with Crippen molar-refractivity contribution in [1.82, 2.24) is 15.4 Å². The molecule has 0 unspecified atom stereocenters. The molecule has 0 spiro atoms. The lowest BCUT2D eigenvalue weighted by Gasteiger charge is -2.14. The molecular weight excluding hydrogens is 242 g/mol. The first-order valence-electron chi connectivity index (χ1n) is 7.27. The van der Waals surface area contributed by atoms with E-state index in [0.717, 1.165) is 37.2 Å². The second-order valence-electron chi connectivity index (χ2n) is 5.70. The van der Waals surface area contributed by atoms with Gasteiger partial charge in [-0.1, -0.05) is 5.16 Å². The molecule has 5 heteroatoms. The smallest absolute Gasteiger partial charge is 0.162 e. The lowest BCUT2D eigenvalue weighted by Crippen LogP contribution is -2.25. The molecule has 0 amide bonds. The van der Waals surface area contributed by atoms with Crippen LogP contribution >= 0.6 is 0 Å². The zero-order chi connectivity index (χ0) is 13.1. The van der Waals surface area contributed by atoms with Crippen LogP contribution in [0.2, 0.25) is 0 Å². The molecule has 3 rings (SSSR count). The molecule has 19 heavy (non-hydrogen) atoms. The highest BCUT2D eigenvalue weighted by molar-refractivity contribution is 5.04. The molecule has 1 N–H and O–H groups in total. The summed E-state index contributed by atoms with van der Waals surface area (Å²) in [4.78, 5) is 2.37. The van der Waals surface area contributed by atoms with Crippen molar-refractivity contribution in [3.05, 3.63) is 17.5 Å². The van der Waals surface area contributed by atoms with Crippen molar-refractivity contribution in [2.45, 2.75) is 50.9 Å². The summed E-state index contributed by atoms with van der Waals surface area (Å²) in [7, 11) is 2.16. The minimum absolute atomic E-state index is 0.523. The highest BCUT2D eigenvalue weighted by atomic mass is 16.5. The van der Waals surface area contributed by atoms with Gasteiger partial charge >= 0.3 is 0 Å². The van der Waals surface area contributed by atoms with E-state index in [-0.39, 0.29) is 0 Å². The molecule has 5 nitrogen and oxygen atoms in total. The Morgan fingerprint density at radius 3 is 3.00 bits per heavy atom. The number of ether oxygens (including phenoxy) is 1. The lowest BCUT2D eigenvalue weighted by atomic mass is 10.3. The van der Waals surface area contributed by atoms with E-state index in [4.69, 9.17) is 9.26 Å². The van der Waals surface area contributed by atoms with Gasteiger partial charge in [-0.3, -0.25) is 0 Å². The zero-order valence-corrected chi connectivity index (χ0v) is 11.6. The maximum atomic E-state index is 5.62. The van der Waals surface area contributed by atoms with Crippen molar-refractivity contribution < 1.29 is 9.26 Å². The van der Waals surface area contributed by atoms with E-state index < -0.39 is 0 Å². The number of likely N-dealkylation sites (N-methyl/N-ethyl adjacent to an activating group) is 1. The summed E-state index contributed by atoms with van der Waals surface area (Å²) in [5.41, 5.74) is 0.973. The first kappa shape index (κ1) is 13.1. The van der Waals surface area contributed by atoms with Crippen LogP contribution in [0, 0.1) is 0 Å². The average Bonchev–Trinajstić information content (AvgIpc) is 3.31. The molecule has 2 aliphatic carbocycles. The SMILES string of the molecule is CN(CCOCc1cc(CNC2CC2)no1)C1CC1. The van der Waals surface area contributed by atoms with E-state index in [1.165, 1.54) is 25.7 Å². The molecule has 0 atom stereocenters. The first-order valence-corrected chi connectivity index (χ1v) is 7.27. The monoisotopic (exact) mass is 265 g/mol. The van der Waals surface area contributed by atoms with Gasteiger partial charge in [-0.15, -0.1) is 0 Å². The van der Waals surface area contributed by atoms with Gasteiger partial charge in [0.25, 0.3) is 0 Å². The third-order valence-electron chi connectivity index (χ3n) is 3.76. The Kier molecular flexibility index (Phi) is 4.15. The Morgan fingerprint density at radius 2 is 2.26 bits per heavy atom. The molecule has 0 aliphatic heterocycles. The standard InChI is InChI=1S/C14H23N3O2/c1-17(13-4-5-13)6-7-18-10-14-8-12(16-19-14)9-15-11-2-3-11/h8,11,13,15H,2-7,9-10H2,1H3. The van der Waals surface area contributed by atoms with E-state index in [2.05, 4.69) is 22.4 Å². The van der Waals surface area contributed by atoms with Crippen LogP contribution in [0.15, 0.2) is 10.6 Å². The van der Waals surface area contributed by atoms with Crippen molar-refractivity contribution >= 4 is 0 Å². The second kappa shape index (κ2) is 6.03. The average molecular weight is 265 g/mol. The van der Waals surface area contributed by atoms with Crippen LogP contribution in [0.25, 0.3) is 0 Å². The molecule has 0 aromatic carbocycles. The molecule has 0 radical (unpaired) electrons. The maximum Gasteiger partial charge on any atom is 0.162 e. The van der Waals surface area contributed by atoms with Gasteiger partial charge < -0.3 is 19.5 Å². The van der Waals surface area contributed by atoms with Crippen LogP contribution in [-0.4, -0.2) is 42.3 Å². The predicted octanol–water partition coefficient (Wildman–Crippen LogP) is 1.54. The van der Waals surface area contributed by atoms with Gasteiger partial charge in [0.05, 0.1) is 12.3 Å². The predicted molar refractivity (Wildman–Crippen MR) is 71.7 cm³/mol. The zero-order valence-electron chi connectivity index (χ0n) is 11.6. The quantitative estimate of drug-likeness (QED) is 0.686. The molecule has 2 saturated carbocycles. The van der Waals surface area contributed by atoms with E-state index >= 15 is 0 Å². The highest BCUT2D eigenvalue weighted by Crippen LogP contribution is 2.24. The number of nitrogens with zero attached hydrogens (tertiary/aromatic N) is 2. The topological polar surface area (TPSA) is 50.5 Å². The van der Waals surface area contributed by atoms with E-state index in [1.54, 1.807) is 0 Å². The number of rotatable bonds is 9. The van der Waals surface area contributed by atoms with Crippen molar-refractivity contribution in [2.24, 2.45) is 0 Å². The fourth-order valence-corrected chi connectivity index (χ4v) is 2.12. The summed E-state index contributed by atoms with van der Waals surface area (Å²) in [6.07, 6.45) is 5.27. The van der Waals surface area contributed by atoms with Crippen molar-refractivity contribution in [3.8, 4) is 0 Å². The Balaban J connectivity index is 1.30. The molecule has 1 aromatic heterocycles. The summed E-state index contributed by atoms with van der Waals surface area (Å²) in [6.45, 7) is 3.08. The number of hydrogen-bond acceptors (Lipinski definition) is 5. The number of nitrogens with one attached hydrogen (secondary N) is 1. The molecule has 106 valence electrons. The summed E-state index contributed by atoms with van der Waals surface area (Å²) in [6, 6.07) is 3.49. The van der Waals surface area contributed by atoms with E-state index in [9.17, 15) is 0 Å². The van der Waals surface area contributed by atoms with Crippen molar-refractivity contribution in [2.75, 3.05) is 20.2 Å². The Labute approximate surface area is 114 Å². The summed E-state index contributed by atoms with van der Waals surface area (Å²) in [5.74, 6) is 0.821. The van der Waals surface area contributed by atoms with Crippen LogP contribution in [0.1, 0.15) is 37.1 Å². The van der Waals surface area contributed by atoms with Gasteiger partial charge in [0, 0.05) is 31.2 Å². The van der Waals surface area contributed by atoms with Crippen molar-refractivity contribution in [1.29, 1.82) is 0 Å². The Hall–Kier alpha value is -0.910. The van der Waals surface area contributed by atoms with Crippen molar-refractivity contribution in [3.63, 3.8) is 0 Å². The Bertz CT molecular complexity index is 399. The van der Waals surface area contributed by atoms with Gasteiger partial charge in [0.1, 0.15) is 6.61 Å². The summed E-state index contributed by atoms with van der Waals surface area (Å²) < 4.78 is 10.9. The van der Waals surface area contributed by atoms with Crippen LogP contribution in [-0.2, 0) is 17.9 Å². The van der Waals surface area contributed by atoms with Crippen LogP contribution in [0.5, 0.6) is 0 Å². The normalized spacial score (nSPS) is 19.3. The fraction of sp³-hybridized carbons (Fsp3) is 0.786. The van der Waals surface area contributed by atoms with E-state index in [0.29, 0.717) is 12.6 Å². The van der Waals surface area contributed by atoms with E-state index in [1.807, 2.05) is 6.07 Å². The van der Waals surface area contributed by atoms with Gasteiger partial charge in [-0.2, -0.15) is 0 Å². The first-order chi connectivity index (χ1) is 9.31. The fourth-order valence-electron chi connectivity index (χ4n) is 2.12. The molecule has 0 bridgehead atoms. The van der Waals surface area contributed by atoms with Gasteiger partial charge in [0.2, 0.25) is 0 Å². The van der Waals surface area contributed by atoms with Gasteiger partial charge in [0.15, 0.2) is 5.76 Å². The van der Waals surface area contributed by atoms with Crippen LogP contribution in [0.3, 0.4) is 0 Å². The van der Waals surface area contributed by atoms with Gasteiger partial charge in [-0.05, 0) is 32.7 Å². The maximum absolute atomic E-state index is 5.62. The van der Waals surface area contributed by atoms with Crippen LogP contribution in [0.4, 0.5) is 0 Å². The second-order valence-corrected chi connectivity index (χ2v) is 5.70. The molecular formula is C14H23N3O2. The third kappa shape index (κ3) is 4.30. The summed E-state index contributed by atoms with van der Waals surface area (Å²) in [5, 5.41) is 7.46. The summed E-state index contributed by atoms with van der Waals surface area (Å²) >= 11 is 0. The largest absolute Gasteiger partial charge is 0.372 e. The molecule has 1 aromatic rings. The number of aromatic nitrogens is 1. The lowest BCUT2D eigenvalue weighted by molar-refractivity contribution is 0.0825. The number of hydrogen-bond donors (Lipinski definition) is 1. The Morgan fingerprint density at radius 1 is 1.42 bits per heavy atom. The molecule has 0 saturated heterocycles. The minimum atomic E-state index is 0.523. The minimum Gasteiger partial charge on any atom is -0.372 e. The molecule has 2 aliphatic rings. The van der Waals surface area contributed by atoms with Gasteiger partial charge in [-0.25, -0.2) is 0 Å². The molecule has 1 heterocycles. The molecule has 2 fully saturated rings. The van der Waals surface area contributed by atoms with Crippen LogP contribution < -0.4 is 5.32 Å².